The summed E-state index contributed by atoms with van der Waals surface area (Å²) in [5.74, 6) is 4.19. The Balaban J connectivity index is 1.27. The van der Waals surface area contributed by atoms with Crippen molar-refractivity contribution in [3.05, 3.63) is 35.4 Å². The summed E-state index contributed by atoms with van der Waals surface area (Å²) >= 11 is 0. The van der Waals surface area contributed by atoms with Gasteiger partial charge in [-0.2, -0.15) is 0 Å². The second kappa shape index (κ2) is 11.3. The lowest BCUT2D eigenvalue weighted by molar-refractivity contribution is 0.209. The van der Waals surface area contributed by atoms with Gasteiger partial charge in [-0.1, -0.05) is 115 Å². The van der Waals surface area contributed by atoms with Crippen LogP contribution in [0.1, 0.15) is 108 Å². The zero-order valence-corrected chi connectivity index (χ0v) is 18.2. The van der Waals surface area contributed by atoms with Crippen molar-refractivity contribution in [3.63, 3.8) is 0 Å². The van der Waals surface area contributed by atoms with Gasteiger partial charge >= 0.3 is 0 Å². The molecule has 1 aromatic rings. The summed E-state index contributed by atoms with van der Waals surface area (Å²) in [6, 6.07) is 9.36. The fraction of sp³-hybridized carbons (Fsp3) is 0.778. The molecule has 2 aliphatic carbocycles. The molecule has 0 heterocycles. The van der Waals surface area contributed by atoms with E-state index in [2.05, 4.69) is 38.1 Å². The Morgan fingerprint density at radius 1 is 0.556 bits per heavy atom. The van der Waals surface area contributed by atoms with Crippen molar-refractivity contribution in [1.82, 2.24) is 0 Å². The molecule has 152 valence electrons. The second-order valence-corrected chi connectivity index (χ2v) is 9.85. The van der Waals surface area contributed by atoms with Crippen LogP contribution in [0, 0.1) is 23.7 Å². The van der Waals surface area contributed by atoms with Gasteiger partial charge < -0.3 is 0 Å². The lowest BCUT2D eigenvalue weighted by Crippen LogP contribution is -2.18. The number of hydrogen-bond donors (Lipinski definition) is 0. The van der Waals surface area contributed by atoms with E-state index in [0.717, 1.165) is 30.1 Å². The van der Waals surface area contributed by atoms with E-state index in [-0.39, 0.29) is 0 Å². The Kier molecular flexibility index (Phi) is 8.75. The highest BCUT2D eigenvalue weighted by Gasteiger charge is 2.24. The van der Waals surface area contributed by atoms with Crippen molar-refractivity contribution in [3.8, 4) is 0 Å². The van der Waals surface area contributed by atoms with Gasteiger partial charge in [-0.05, 0) is 54.1 Å². The van der Waals surface area contributed by atoms with Gasteiger partial charge in [0, 0.05) is 0 Å². The van der Waals surface area contributed by atoms with Crippen LogP contribution in [0.2, 0.25) is 0 Å². The maximum atomic E-state index is 2.36. The van der Waals surface area contributed by atoms with Gasteiger partial charge in [0.1, 0.15) is 0 Å². The SMILES string of the molecule is CCCC1CCC(CCC2CCC(CCc3ccc(CC)cc3)CC2)CC1. The topological polar surface area (TPSA) is 0 Å². The molecule has 0 spiro atoms. The quantitative estimate of drug-likeness (QED) is 0.410. The molecular weight excluding hydrogens is 324 g/mol. The van der Waals surface area contributed by atoms with E-state index < -0.39 is 0 Å². The summed E-state index contributed by atoms with van der Waals surface area (Å²) in [6.07, 6.45) is 22.0. The minimum absolute atomic E-state index is 0.997. The highest BCUT2D eigenvalue weighted by Crippen LogP contribution is 2.38. The first-order chi connectivity index (χ1) is 13.3. The molecule has 2 saturated carbocycles. The van der Waals surface area contributed by atoms with E-state index in [0.29, 0.717) is 0 Å². The summed E-state index contributed by atoms with van der Waals surface area (Å²) in [6.45, 7) is 4.59. The van der Waals surface area contributed by atoms with E-state index >= 15 is 0 Å². The smallest absolute Gasteiger partial charge is 0.0276 e. The van der Waals surface area contributed by atoms with Gasteiger partial charge in [0.15, 0.2) is 0 Å². The van der Waals surface area contributed by atoms with Crippen LogP contribution < -0.4 is 0 Å². The predicted molar refractivity (Wildman–Crippen MR) is 119 cm³/mol. The van der Waals surface area contributed by atoms with Gasteiger partial charge in [-0.15, -0.1) is 0 Å². The van der Waals surface area contributed by atoms with Crippen LogP contribution in [0.5, 0.6) is 0 Å². The summed E-state index contributed by atoms with van der Waals surface area (Å²) in [5.41, 5.74) is 3.02. The molecule has 0 bridgehead atoms. The molecule has 2 aliphatic rings. The number of rotatable bonds is 9. The summed E-state index contributed by atoms with van der Waals surface area (Å²) in [7, 11) is 0. The fourth-order valence-electron chi connectivity index (χ4n) is 5.81. The third-order valence-electron chi connectivity index (χ3n) is 7.89. The average Bonchev–Trinajstić information content (AvgIpc) is 2.73. The minimum atomic E-state index is 0.997. The first-order valence-corrected chi connectivity index (χ1v) is 12.3. The average molecular weight is 369 g/mol. The van der Waals surface area contributed by atoms with Crippen molar-refractivity contribution < 1.29 is 0 Å². The predicted octanol–water partition coefficient (Wildman–Crippen LogP) is 8.37. The van der Waals surface area contributed by atoms with Crippen molar-refractivity contribution in [2.24, 2.45) is 23.7 Å². The van der Waals surface area contributed by atoms with Crippen LogP contribution in [0.25, 0.3) is 0 Å². The molecule has 0 unspecified atom stereocenters. The highest BCUT2D eigenvalue weighted by molar-refractivity contribution is 5.22. The first kappa shape index (κ1) is 20.9. The standard InChI is InChI=1S/C27H44/c1-3-5-23-10-12-25(13-11-23)16-17-27-20-18-26(19-21-27)15-14-24-8-6-22(4-2)7-9-24/h6-9,23,25-27H,3-5,10-21H2,1-2H3. The highest BCUT2D eigenvalue weighted by atomic mass is 14.3. The molecule has 27 heavy (non-hydrogen) atoms. The molecule has 0 aliphatic heterocycles. The molecule has 0 atom stereocenters. The summed E-state index contributed by atoms with van der Waals surface area (Å²) in [4.78, 5) is 0. The molecule has 0 N–H and O–H groups in total. The van der Waals surface area contributed by atoms with Crippen molar-refractivity contribution >= 4 is 0 Å². The van der Waals surface area contributed by atoms with Crippen molar-refractivity contribution in [2.75, 3.05) is 0 Å². The molecule has 0 heteroatoms. The molecule has 2 fully saturated rings. The zero-order valence-electron chi connectivity index (χ0n) is 18.2. The van der Waals surface area contributed by atoms with Crippen molar-refractivity contribution in [1.29, 1.82) is 0 Å². The zero-order chi connectivity index (χ0) is 18.9. The largest absolute Gasteiger partial charge is 0.0654 e. The van der Waals surface area contributed by atoms with Crippen LogP contribution in [0.3, 0.4) is 0 Å². The van der Waals surface area contributed by atoms with Gasteiger partial charge in [0.05, 0.1) is 0 Å². The molecule has 0 aromatic heterocycles. The third-order valence-corrected chi connectivity index (χ3v) is 7.89. The third kappa shape index (κ3) is 6.95. The minimum Gasteiger partial charge on any atom is -0.0654 e. The van der Waals surface area contributed by atoms with E-state index in [9.17, 15) is 0 Å². The fourth-order valence-corrected chi connectivity index (χ4v) is 5.81. The Morgan fingerprint density at radius 2 is 0.963 bits per heavy atom. The molecule has 1 aromatic carbocycles. The maximum absolute atomic E-state index is 2.36. The van der Waals surface area contributed by atoms with Crippen LogP contribution in [0.4, 0.5) is 0 Å². The molecule has 0 radical (unpaired) electrons. The Morgan fingerprint density at radius 3 is 1.41 bits per heavy atom. The molecule has 0 nitrogen and oxygen atoms in total. The van der Waals surface area contributed by atoms with Gasteiger partial charge in [0.2, 0.25) is 0 Å². The normalized spacial score (nSPS) is 29.0. The van der Waals surface area contributed by atoms with Crippen molar-refractivity contribution in [2.45, 2.75) is 110 Å². The van der Waals surface area contributed by atoms with E-state index in [4.69, 9.17) is 0 Å². The summed E-state index contributed by atoms with van der Waals surface area (Å²) < 4.78 is 0. The summed E-state index contributed by atoms with van der Waals surface area (Å²) in [5, 5.41) is 0. The van der Waals surface area contributed by atoms with Gasteiger partial charge in [-0.3, -0.25) is 0 Å². The number of hydrogen-bond acceptors (Lipinski definition) is 0. The second-order valence-electron chi connectivity index (χ2n) is 9.85. The number of benzene rings is 1. The maximum Gasteiger partial charge on any atom is -0.0276 e. The monoisotopic (exact) mass is 368 g/mol. The van der Waals surface area contributed by atoms with Crippen LogP contribution >= 0.6 is 0 Å². The Labute approximate surface area is 169 Å². The Hall–Kier alpha value is -0.780. The van der Waals surface area contributed by atoms with Gasteiger partial charge in [-0.25, -0.2) is 0 Å². The Bertz CT molecular complexity index is 497. The molecule has 0 saturated heterocycles. The molecule has 0 amide bonds. The lowest BCUT2D eigenvalue weighted by Gasteiger charge is -2.32. The van der Waals surface area contributed by atoms with E-state index in [1.807, 2.05) is 0 Å². The van der Waals surface area contributed by atoms with E-state index in [1.54, 1.807) is 5.56 Å². The van der Waals surface area contributed by atoms with Crippen LogP contribution in [-0.4, -0.2) is 0 Å². The first-order valence-electron chi connectivity index (χ1n) is 12.3. The molecule has 3 rings (SSSR count). The van der Waals surface area contributed by atoms with E-state index in [1.165, 1.54) is 95.5 Å². The van der Waals surface area contributed by atoms with Crippen LogP contribution in [-0.2, 0) is 12.8 Å². The number of aryl methyl sites for hydroxylation is 2. The van der Waals surface area contributed by atoms with Gasteiger partial charge in [0.25, 0.3) is 0 Å². The van der Waals surface area contributed by atoms with Crippen LogP contribution in [0.15, 0.2) is 24.3 Å². The molecular formula is C27H44. The lowest BCUT2D eigenvalue weighted by atomic mass is 9.74.